The summed E-state index contributed by atoms with van der Waals surface area (Å²) < 4.78 is 5.71. The smallest absolute Gasteiger partial charge is 0.0611 e. The molecule has 11 heavy (non-hydrogen) atoms. The fraction of sp³-hybridized carbons (Fsp3) is 1.00. The number of aliphatic hydroxyl groups excluding tert-OH is 1. The quantitative estimate of drug-likeness (QED) is 0.650. The first kappa shape index (κ1) is 7.56. The third-order valence-corrected chi connectivity index (χ3v) is 2.95. The normalized spacial score (nSPS) is 49.6. The highest BCUT2D eigenvalue weighted by Crippen LogP contribution is 2.45. The Hall–Kier alpha value is -0.0800. The van der Waals surface area contributed by atoms with Gasteiger partial charge in [-0.25, -0.2) is 0 Å². The molecule has 1 N–H and O–H groups in total. The van der Waals surface area contributed by atoms with Crippen LogP contribution in [0.2, 0.25) is 0 Å². The highest BCUT2D eigenvalue weighted by atomic mass is 16.5. The molecule has 4 unspecified atom stereocenters. The van der Waals surface area contributed by atoms with Gasteiger partial charge in [0.25, 0.3) is 0 Å². The van der Waals surface area contributed by atoms with Crippen molar-refractivity contribution in [1.29, 1.82) is 0 Å². The van der Waals surface area contributed by atoms with Crippen LogP contribution in [0.15, 0.2) is 0 Å². The summed E-state index contributed by atoms with van der Waals surface area (Å²) in [6.45, 7) is 2.50. The topological polar surface area (TPSA) is 29.5 Å². The summed E-state index contributed by atoms with van der Waals surface area (Å²) in [5.41, 5.74) is 0. The Morgan fingerprint density at radius 1 is 1.45 bits per heavy atom. The van der Waals surface area contributed by atoms with Crippen LogP contribution in [0.3, 0.4) is 0 Å². The van der Waals surface area contributed by atoms with Crippen molar-refractivity contribution in [2.75, 3.05) is 6.61 Å². The minimum atomic E-state index is 0.360. The van der Waals surface area contributed by atoms with E-state index in [2.05, 4.69) is 6.92 Å². The van der Waals surface area contributed by atoms with Crippen LogP contribution in [0, 0.1) is 11.8 Å². The lowest BCUT2D eigenvalue weighted by atomic mass is 10.1. The number of aliphatic hydroxyl groups is 1. The Balaban J connectivity index is 1.80. The van der Waals surface area contributed by atoms with Crippen LogP contribution in [0.4, 0.5) is 0 Å². The van der Waals surface area contributed by atoms with Gasteiger partial charge in [-0.1, -0.05) is 0 Å². The summed E-state index contributed by atoms with van der Waals surface area (Å²) in [6, 6.07) is 0. The van der Waals surface area contributed by atoms with Crippen LogP contribution in [0.25, 0.3) is 0 Å². The molecular formula is C9H16O2. The van der Waals surface area contributed by atoms with Gasteiger partial charge in [-0.2, -0.15) is 0 Å². The third kappa shape index (κ3) is 1.42. The Bertz CT molecular complexity index is 146. The summed E-state index contributed by atoms with van der Waals surface area (Å²) in [5.74, 6) is 1.25. The molecular weight excluding hydrogens is 140 g/mol. The zero-order valence-corrected chi connectivity index (χ0v) is 6.99. The van der Waals surface area contributed by atoms with Crippen molar-refractivity contribution in [3.63, 3.8) is 0 Å². The minimum absolute atomic E-state index is 0.360. The molecule has 2 rings (SSSR count). The first-order chi connectivity index (χ1) is 5.31. The van der Waals surface area contributed by atoms with Crippen molar-refractivity contribution < 1.29 is 9.84 Å². The van der Waals surface area contributed by atoms with E-state index in [0.29, 0.717) is 30.7 Å². The van der Waals surface area contributed by atoms with Crippen molar-refractivity contribution in [2.45, 2.75) is 38.4 Å². The lowest BCUT2D eigenvalue weighted by Crippen LogP contribution is -2.12. The zero-order valence-electron chi connectivity index (χ0n) is 6.99. The average Bonchev–Trinajstić information content (AvgIpc) is 2.68. The Morgan fingerprint density at radius 2 is 2.27 bits per heavy atom. The van der Waals surface area contributed by atoms with Gasteiger partial charge in [-0.15, -0.1) is 0 Å². The molecule has 1 saturated carbocycles. The minimum Gasteiger partial charge on any atom is -0.396 e. The van der Waals surface area contributed by atoms with Gasteiger partial charge in [0.05, 0.1) is 12.2 Å². The molecule has 1 aliphatic carbocycles. The van der Waals surface area contributed by atoms with Crippen LogP contribution in [0.5, 0.6) is 0 Å². The molecule has 1 saturated heterocycles. The molecule has 0 aromatic rings. The highest BCUT2D eigenvalue weighted by Gasteiger charge is 2.45. The van der Waals surface area contributed by atoms with E-state index in [1.807, 2.05) is 0 Å². The van der Waals surface area contributed by atoms with Crippen molar-refractivity contribution in [3.05, 3.63) is 0 Å². The fourth-order valence-corrected chi connectivity index (χ4v) is 2.08. The summed E-state index contributed by atoms with van der Waals surface area (Å²) in [6.07, 6.45) is 4.54. The molecule has 0 radical (unpaired) electrons. The van der Waals surface area contributed by atoms with E-state index < -0.39 is 0 Å². The highest BCUT2D eigenvalue weighted by molar-refractivity contribution is 4.93. The van der Waals surface area contributed by atoms with Crippen molar-refractivity contribution in [2.24, 2.45) is 11.8 Å². The van der Waals surface area contributed by atoms with Crippen LogP contribution in [-0.2, 0) is 4.74 Å². The van der Waals surface area contributed by atoms with E-state index >= 15 is 0 Å². The molecule has 1 heterocycles. The van der Waals surface area contributed by atoms with E-state index in [-0.39, 0.29) is 0 Å². The number of rotatable bonds is 2. The van der Waals surface area contributed by atoms with Gasteiger partial charge < -0.3 is 9.84 Å². The summed E-state index contributed by atoms with van der Waals surface area (Å²) in [4.78, 5) is 0. The number of hydrogen-bond donors (Lipinski definition) is 1. The summed E-state index contributed by atoms with van der Waals surface area (Å²) in [5, 5.41) is 8.85. The maximum absolute atomic E-state index is 8.85. The first-order valence-electron chi connectivity index (χ1n) is 4.57. The van der Waals surface area contributed by atoms with Gasteiger partial charge in [0.1, 0.15) is 0 Å². The molecule has 4 atom stereocenters. The number of ether oxygens (including phenoxy) is 1. The first-order valence-corrected chi connectivity index (χ1v) is 4.57. The molecule has 2 fully saturated rings. The van der Waals surface area contributed by atoms with Crippen LogP contribution < -0.4 is 0 Å². The van der Waals surface area contributed by atoms with Crippen LogP contribution >= 0.6 is 0 Å². The monoisotopic (exact) mass is 156 g/mol. The summed E-state index contributed by atoms with van der Waals surface area (Å²) >= 11 is 0. The molecule has 1 aliphatic heterocycles. The SMILES string of the molecule is CC1CCC(C2CC2CO)O1. The van der Waals surface area contributed by atoms with Gasteiger partial charge in [0.2, 0.25) is 0 Å². The molecule has 2 nitrogen and oxygen atoms in total. The lowest BCUT2D eigenvalue weighted by Gasteiger charge is -2.09. The largest absolute Gasteiger partial charge is 0.396 e. The second-order valence-corrected chi connectivity index (χ2v) is 3.90. The van der Waals surface area contributed by atoms with Crippen LogP contribution in [-0.4, -0.2) is 23.9 Å². The predicted molar refractivity (Wildman–Crippen MR) is 42.3 cm³/mol. The van der Waals surface area contributed by atoms with Crippen LogP contribution in [0.1, 0.15) is 26.2 Å². The maximum atomic E-state index is 8.85. The second kappa shape index (κ2) is 2.76. The summed E-state index contributed by atoms with van der Waals surface area (Å²) in [7, 11) is 0. The van der Waals surface area contributed by atoms with Gasteiger partial charge in [-0.05, 0) is 38.0 Å². The Kier molecular flexibility index (Phi) is 1.90. The molecule has 0 amide bonds. The molecule has 0 bridgehead atoms. The molecule has 0 spiro atoms. The van der Waals surface area contributed by atoms with E-state index in [1.165, 1.54) is 19.3 Å². The van der Waals surface area contributed by atoms with Crippen molar-refractivity contribution in [1.82, 2.24) is 0 Å². The third-order valence-electron chi connectivity index (χ3n) is 2.95. The van der Waals surface area contributed by atoms with E-state index in [9.17, 15) is 0 Å². The maximum Gasteiger partial charge on any atom is 0.0611 e. The molecule has 2 heteroatoms. The van der Waals surface area contributed by atoms with Gasteiger partial charge in [0.15, 0.2) is 0 Å². The Morgan fingerprint density at radius 3 is 2.73 bits per heavy atom. The number of hydrogen-bond acceptors (Lipinski definition) is 2. The molecule has 2 aliphatic rings. The van der Waals surface area contributed by atoms with Crippen molar-refractivity contribution in [3.8, 4) is 0 Å². The molecule has 0 aromatic heterocycles. The van der Waals surface area contributed by atoms with Gasteiger partial charge in [0, 0.05) is 6.61 Å². The Labute approximate surface area is 67.6 Å². The van der Waals surface area contributed by atoms with Crippen molar-refractivity contribution >= 4 is 0 Å². The standard InChI is InChI=1S/C9H16O2/c1-6-2-3-9(11-6)8-4-7(8)5-10/h6-10H,2-5H2,1H3. The fourth-order valence-electron chi connectivity index (χ4n) is 2.08. The van der Waals surface area contributed by atoms with E-state index in [1.54, 1.807) is 0 Å². The second-order valence-electron chi connectivity index (χ2n) is 3.90. The zero-order chi connectivity index (χ0) is 7.84. The molecule has 64 valence electrons. The van der Waals surface area contributed by atoms with E-state index in [4.69, 9.17) is 9.84 Å². The van der Waals surface area contributed by atoms with Gasteiger partial charge in [-0.3, -0.25) is 0 Å². The lowest BCUT2D eigenvalue weighted by molar-refractivity contribution is 0.0373. The average molecular weight is 156 g/mol. The molecule has 0 aromatic carbocycles. The predicted octanol–water partition coefficient (Wildman–Crippen LogP) is 1.18. The van der Waals surface area contributed by atoms with E-state index in [0.717, 1.165) is 0 Å². The van der Waals surface area contributed by atoms with Gasteiger partial charge >= 0.3 is 0 Å².